The molecule has 0 bridgehead atoms. The van der Waals surface area contributed by atoms with Gasteiger partial charge in [-0.2, -0.15) is 0 Å². The van der Waals surface area contributed by atoms with Crippen LogP contribution in [0.3, 0.4) is 0 Å². The van der Waals surface area contributed by atoms with Crippen molar-refractivity contribution in [3.8, 4) is 0 Å². The first kappa shape index (κ1) is 13.2. The second-order valence-corrected chi connectivity index (χ2v) is 6.49. The summed E-state index contributed by atoms with van der Waals surface area (Å²) in [5.41, 5.74) is 1.37. The maximum atomic E-state index is 4.34. The van der Waals surface area contributed by atoms with Crippen molar-refractivity contribution < 1.29 is 0 Å². The quantitative estimate of drug-likeness (QED) is 0.851. The van der Waals surface area contributed by atoms with Crippen molar-refractivity contribution in [1.29, 1.82) is 0 Å². The summed E-state index contributed by atoms with van der Waals surface area (Å²) >= 11 is 0. The molecule has 1 aromatic rings. The fraction of sp³-hybridized carbons (Fsp3) is 0.812. The van der Waals surface area contributed by atoms with E-state index in [1.165, 1.54) is 57.2 Å². The topological polar surface area (TPSA) is 29.9 Å². The monoisotopic (exact) mass is 261 g/mol. The molecule has 0 aliphatic heterocycles. The third-order valence-corrected chi connectivity index (χ3v) is 4.95. The van der Waals surface area contributed by atoms with E-state index >= 15 is 0 Å². The largest absolute Gasteiger partial charge is 0.333 e. The van der Waals surface area contributed by atoms with Crippen molar-refractivity contribution in [2.75, 3.05) is 0 Å². The molecule has 2 aliphatic carbocycles. The summed E-state index contributed by atoms with van der Waals surface area (Å²) in [6.45, 7) is 4.51. The van der Waals surface area contributed by atoms with Gasteiger partial charge in [0.15, 0.2) is 0 Å². The molecule has 2 aliphatic rings. The van der Waals surface area contributed by atoms with Gasteiger partial charge >= 0.3 is 0 Å². The van der Waals surface area contributed by atoms with E-state index in [2.05, 4.69) is 21.8 Å². The van der Waals surface area contributed by atoms with Gasteiger partial charge in [0.25, 0.3) is 0 Å². The van der Waals surface area contributed by atoms with Crippen LogP contribution in [-0.4, -0.2) is 15.6 Å². The van der Waals surface area contributed by atoms with Crippen LogP contribution in [0.1, 0.15) is 57.6 Å². The Morgan fingerprint density at radius 2 is 1.89 bits per heavy atom. The molecule has 2 fully saturated rings. The van der Waals surface area contributed by atoms with Gasteiger partial charge < -0.3 is 9.88 Å². The zero-order valence-corrected chi connectivity index (χ0v) is 12.1. The van der Waals surface area contributed by atoms with Crippen molar-refractivity contribution in [2.24, 2.45) is 11.8 Å². The fourth-order valence-corrected chi connectivity index (χ4v) is 3.30. The Kier molecular flexibility index (Phi) is 4.21. The number of hydrogen-bond acceptors (Lipinski definition) is 2. The first-order valence-corrected chi connectivity index (χ1v) is 8.07. The maximum absolute atomic E-state index is 4.34. The van der Waals surface area contributed by atoms with Crippen molar-refractivity contribution in [3.63, 3.8) is 0 Å². The first-order chi connectivity index (χ1) is 9.35. The summed E-state index contributed by atoms with van der Waals surface area (Å²) in [4.78, 5) is 4.34. The molecule has 2 saturated carbocycles. The van der Waals surface area contributed by atoms with Gasteiger partial charge in [0.05, 0.1) is 12.0 Å². The molecule has 0 aromatic carbocycles. The Balaban J connectivity index is 1.50. The summed E-state index contributed by atoms with van der Waals surface area (Å²) in [6, 6.07) is 0.781. The van der Waals surface area contributed by atoms with Crippen LogP contribution >= 0.6 is 0 Å². The SMILES string of the molecule is CCC1CCC(Cn2cncc2CNC2CC2)CC1. The molecule has 0 spiro atoms. The second-order valence-electron chi connectivity index (χ2n) is 6.49. The highest BCUT2D eigenvalue weighted by molar-refractivity contribution is 5.00. The summed E-state index contributed by atoms with van der Waals surface area (Å²) in [7, 11) is 0. The number of rotatable bonds is 6. The number of aromatic nitrogens is 2. The van der Waals surface area contributed by atoms with Gasteiger partial charge in [-0.25, -0.2) is 4.98 Å². The predicted molar refractivity (Wildman–Crippen MR) is 77.8 cm³/mol. The maximum Gasteiger partial charge on any atom is 0.0948 e. The number of nitrogens with zero attached hydrogens (tertiary/aromatic N) is 2. The van der Waals surface area contributed by atoms with E-state index in [0.717, 1.165) is 24.4 Å². The lowest BCUT2D eigenvalue weighted by atomic mass is 9.81. The van der Waals surface area contributed by atoms with Gasteiger partial charge in [0, 0.05) is 25.3 Å². The van der Waals surface area contributed by atoms with Gasteiger partial charge in [-0.15, -0.1) is 0 Å². The molecule has 1 aromatic heterocycles. The van der Waals surface area contributed by atoms with Crippen LogP contribution in [-0.2, 0) is 13.1 Å². The standard InChI is InChI=1S/C16H27N3/c1-2-13-3-5-14(6-4-13)11-19-12-17-9-16(19)10-18-15-7-8-15/h9,12-15,18H,2-8,10-11H2,1H3. The Hall–Kier alpha value is -0.830. The third-order valence-electron chi connectivity index (χ3n) is 4.95. The van der Waals surface area contributed by atoms with Gasteiger partial charge in [0.2, 0.25) is 0 Å². The van der Waals surface area contributed by atoms with Crippen LogP contribution in [0, 0.1) is 11.8 Å². The van der Waals surface area contributed by atoms with E-state index in [4.69, 9.17) is 0 Å². The Labute approximate surface area is 116 Å². The molecular weight excluding hydrogens is 234 g/mol. The molecule has 1 heterocycles. The third kappa shape index (κ3) is 3.59. The summed E-state index contributed by atoms with van der Waals surface area (Å²) in [5, 5.41) is 3.59. The van der Waals surface area contributed by atoms with Crippen molar-refractivity contribution in [1.82, 2.24) is 14.9 Å². The smallest absolute Gasteiger partial charge is 0.0948 e. The zero-order chi connectivity index (χ0) is 13.1. The van der Waals surface area contributed by atoms with Crippen molar-refractivity contribution >= 4 is 0 Å². The summed E-state index contributed by atoms with van der Waals surface area (Å²) in [5.74, 6) is 1.87. The number of hydrogen-bond donors (Lipinski definition) is 1. The van der Waals surface area contributed by atoms with Crippen LogP contribution in [0.4, 0.5) is 0 Å². The minimum absolute atomic E-state index is 0.781. The minimum Gasteiger partial charge on any atom is -0.333 e. The highest BCUT2D eigenvalue weighted by atomic mass is 15.1. The fourth-order valence-electron chi connectivity index (χ4n) is 3.30. The lowest BCUT2D eigenvalue weighted by Crippen LogP contribution is -2.22. The van der Waals surface area contributed by atoms with Crippen LogP contribution in [0.5, 0.6) is 0 Å². The first-order valence-electron chi connectivity index (χ1n) is 8.07. The van der Waals surface area contributed by atoms with Crippen LogP contribution < -0.4 is 5.32 Å². The highest BCUT2D eigenvalue weighted by Crippen LogP contribution is 2.31. The second kappa shape index (κ2) is 6.08. The Morgan fingerprint density at radius 3 is 2.58 bits per heavy atom. The van der Waals surface area contributed by atoms with Gasteiger partial charge in [-0.05, 0) is 37.5 Å². The summed E-state index contributed by atoms with van der Waals surface area (Å²) in [6.07, 6.45) is 13.8. The van der Waals surface area contributed by atoms with E-state index in [9.17, 15) is 0 Å². The van der Waals surface area contributed by atoms with E-state index < -0.39 is 0 Å². The van der Waals surface area contributed by atoms with Gasteiger partial charge in [0.1, 0.15) is 0 Å². The molecule has 0 radical (unpaired) electrons. The number of nitrogens with one attached hydrogen (secondary N) is 1. The molecule has 3 nitrogen and oxygen atoms in total. The minimum atomic E-state index is 0.781. The molecule has 0 unspecified atom stereocenters. The van der Waals surface area contributed by atoms with E-state index in [0.29, 0.717) is 0 Å². The number of imidazole rings is 1. The lowest BCUT2D eigenvalue weighted by molar-refractivity contribution is 0.246. The van der Waals surface area contributed by atoms with Crippen LogP contribution in [0.25, 0.3) is 0 Å². The summed E-state index contributed by atoms with van der Waals surface area (Å²) < 4.78 is 2.38. The lowest BCUT2D eigenvalue weighted by Gasteiger charge is -2.28. The van der Waals surface area contributed by atoms with Crippen LogP contribution in [0.2, 0.25) is 0 Å². The van der Waals surface area contributed by atoms with E-state index in [1.54, 1.807) is 0 Å². The average Bonchev–Trinajstić information content (AvgIpc) is 3.18. The normalized spacial score (nSPS) is 27.6. The molecular formula is C16H27N3. The molecule has 106 valence electrons. The van der Waals surface area contributed by atoms with Gasteiger partial charge in [-0.1, -0.05) is 26.2 Å². The average molecular weight is 261 g/mol. The van der Waals surface area contributed by atoms with E-state index in [-0.39, 0.29) is 0 Å². The molecule has 0 atom stereocenters. The van der Waals surface area contributed by atoms with Crippen LogP contribution in [0.15, 0.2) is 12.5 Å². The predicted octanol–water partition coefficient (Wildman–Crippen LogP) is 3.35. The molecule has 1 N–H and O–H groups in total. The van der Waals surface area contributed by atoms with Crippen molar-refractivity contribution in [2.45, 2.75) is 71.0 Å². The zero-order valence-electron chi connectivity index (χ0n) is 12.1. The molecule has 0 amide bonds. The molecule has 3 heteroatoms. The molecule has 3 rings (SSSR count). The van der Waals surface area contributed by atoms with E-state index in [1.807, 2.05) is 12.5 Å². The molecule has 0 saturated heterocycles. The highest BCUT2D eigenvalue weighted by Gasteiger charge is 2.22. The Bertz CT molecular complexity index is 386. The van der Waals surface area contributed by atoms with Gasteiger partial charge in [-0.3, -0.25) is 0 Å². The van der Waals surface area contributed by atoms with Crippen molar-refractivity contribution in [3.05, 3.63) is 18.2 Å². The Morgan fingerprint density at radius 1 is 1.16 bits per heavy atom. The molecule has 19 heavy (non-hydrogen) atoms.